The fourth-order valence-corrected chi connectivity index (χ4v) is 1.87. The number of amides is 2. The Bertz CT molecular complexity index is 262. The van der Waals surface area contributed by atoms with Gasteiger partial charge in [-0.2, -0.15) is 0 Å². The highest BCUT2D eigenvalue weighted by atomic mass is 16.4. The van der Waals surface area contributed by atoms with Crippen LogP contribution in [0.5, 0.6) is 0 Å². The molecule has 0 atom stereocenters. The van der Waals surface area contributed by atoms with Crippen molar-refractivity contribution in [2.75, 3.05) is 13.6 Å². The molecule has 0 aromatic rings. The average molecular weight is 228 g/mol. The highest BCUT2D eigenvalue weighted by Crippen LogP contribution is 2.26. The van der Waals surface area contributed by atoms with Crippen LogP contribution in [0.1, 0.15) is 32.6 Å². The van der Waals surface area contributed by atoms with E-state index in [4.69, 9.17) is 5.11 Å². The Morgan fingerprint density at radius 1 is 1.44 bits per heavy atom. The van der Waals surface area contributed by atoms with Crippen LogP contribution < -0.4 is 5.32 Å². The van der Waals surface area contributed by atoms with Crippen molar-refractivity contribution in [2.45, 2.75) is 38.6 Å². The van der Waals surface area contributed by atoms with Gasteiger partial charge in [-0.15, -0.1) is 0 Å². The summed E-state index contributed by atoms with van der Waals surface area (Å²) in [5, 5.41) is 11.4. The predicted octanol–water partition coefficient (Wildman–Crippen LogP) is 1.29. The molecule has 0 spiro atoms. The van der Waals surface area contributed by atoms with E-state index in [2.05, 4.69) is 12.2 Å². The van der Waals surface area contributed by atoms with E-state index in [0.29, 0.717) is 24.9 Å². The third-order valence-electron chi connectivity index (χ3n) is 2.93. The summed E-state index contributed by atoms with van der Waals surface area (Å²) in [4.78, 5) is 23.4. The molecule has 0 aromatic heterocycles. The maximum atomic E-state index is 11.6. The summed E-state index contributed by atoms with van der Waals surface area (Å²) in [6.07, 6.45) is 2.71. The molecule has 0 unspecified atom stereocenters. The van der Waals surface area contributed by atoms with Crippen molar-refractivity contribution in [3.63, 3.8) is 0 Å². The zero-order chi connectivity index (χ0) is 12.1. The second-order valence-electron chi connectivity index (χ2n) is 4.64. The molecular formula is C11H20N2O3. The fraction of sp³-hybridized carbons (Fsp3) is 0.818. The number of nitrogens with zero attached hydrogens (tertiary/aromatic N) is 1. The van der Waals surface area contributed by atoms with Crippen LogP contribution >= 0.6 is 0 Å². The number of carboxylic acid groups (broad SMARTS) is 1. The lowest BCUT2D eigenvalue weighted by molar-refractivity contribution is -0.137. The molecule has 2 amide bonds. The van der Waals surface area contributed by atoms with E-state index < -0.39 is 5.97 Å². The quantitative estimate of drug-likeness (QED) is 0.745. The van der Waals surface area contributed by atoms with E-state index in [9.17, 15) is 9.59 Å². The third-order valence-corrected chi connectivity index (χ3v) is 2.93. The Labute approximate surface area is 95.8 Å². The van der Waals surface area contributed by atoms with Crippen LogP contribution in [0.15, 0.2) is 0 Å². The topological polar surface area (TPSA) is 69.6 Å². The van der Waals surface area contributed by atoms with Gasteiger partial charge in [0.05, 0.1) is 0 Å². The van der Waals surface area contributed by atoms with Gasteiger partial charge < -0.3 is 15.3 Å². The van der Waals surface area contributed by atoms with Crippen LogP contribution in [-0.4, -0.2) is 41.6 Å². The number of carbonyl (C=O) groups excluding carboxylic acids is 1. The number of carboxylic acids is 1. The van der Waals surface area contributed by atoms with E-state index in [1.54, 1.807) is 11.9 Å². The minimum absolute atomic E-state index is 0.0951. The molecule has 0 bridgehead atoms. The van der Waals surface area contributed by atoms with Crippen LogP contribution in [0, 0.1) is 5.92 Å². The van der Waals surface area contributed by atoms with Gasteiger partial charge in [-0.05, 0) is 25.2 Å². The van der Waals surface area contributed by atoms with Gasteiger partial charge >= 0.3 is 12.0 Å². The van der Waals surface area contributed by atoms with Crippen LogP contribution in [0.3, 0.4) is 0 Å². The number of carbonyl (C=O) groups is 2. The smallest absolute Gasteiger partial charge is 0.317 e. The van der Waals surface area contributed by atoms with Gasteiger partial charge in [0.1, 0.15) is 0 Å². The summed E-state index contributed by atoms with van der Waals surface area (Å²) >= 11 is 0. The van der Waals surface area contributed by atoms with Gasteiger partial charge in [0, 0.05) is 26.1 Å². The van der Waals surface area contributed by atoms with Crippen LogP contribution in [-0.2, 0) is 4.79 Å². The second kappa shape index (κ2) is 5.72. The summed E-state index contributed by atoms with van der Waals surface area (Å²) in [5.41, 5.74) is 0. The molecule has 0 saturated heterocycles. The Balaban J connectivity index is 2.13. The van der Waals surface area contributed by atoms with E-state index in [1.807, 2.05) is 0 Å². The van der Waals surface area contributed by atoms with Crippen molar-refractivity contribution in [1.82, 2.24) is 10.2 Å². The van der Waals surface area contributed by atoms with Gasteiger partial charge in [-0.3, -0.25) is 4.79 Å². The monoisotopic (exact) mass is 228 g/mol. The van der Waals surface area contributed by atoms with Crippen molar-refractivity contribution in [2.24, 2.45) is 5.92 Å². The number of rotatable bonds is 5. The van der Waals surface area contributed by atoms with Crippen molar-refractivity contribution >= 4 is 12.0 Å². The number of nitrogens with one attached hydrogen (secondary N) is 1. The maximum absolute atomic E-state index is 11.6. The first-order valence-corrected chi connectivity index (χ1v) is 5.72. The van der Waals surface area contributed by atoms with Crippen molar-refractivity contribution in [1.29, 1.82) is 0 Å². The molecule has 1 aliphatic rings. The first-order valence-electron chi connectivity index (χ1n) is 5.72. The van der Waals surface area contributed by atoms with E-state index in [0.717, 1.165) is 12.8 Å². The third kappa shape index (κ3) is 4.08. The fourth-order valence-electron chi connectivity index (χ4n) is 1.87. The molecule has 0 heterocycles. The van der Waals surface area contributed by atoms with Gasteiger partial charge in [0.25, 0.3) is 0 Å². The molecule has 0 aromatic carbocycles. The first kappa shape index (κ1) is 12.8. The van der Waals surface area contributed by atoms with Crippen LogP contribution in [0.4, 0.5) is 4.79 Å². The molecule has 92 valence electrons. The first-order chi connectivity index (χ1) is 7.49. The summed E-state index contributed by atoms with van der Waals surface area (Å²) in [5.74, 6) is -0.107. The number of hydrogen-bond donors (Lipinski definition) is 2. The Kier molecular flexibility index (Phi) is 4.58. The van der Waals surface area contributed by atoms with Crippen LogP contribution in [0.2, 0.25) is 0 Å². The van der Waals surface area contributed by atoms with E-state index >= 15 is 0 Å². The molecule has 1 aliphatic carbocycles. The summed E-state index contributed by atoms with van der Waals surface area (Å²) in [7, 11) is 1.69. The zero-order valence-corrected chi connectivity index (χ0v) is 9.90. The molecule has 0 aliphatic heterocycles. The number of urea groups is 1. The lowest BCUT2D eigenvalue weighted by Gasteiger charge is -2.34. The summed E-state index contributed by atoms with van der Waals surface area (Å²) in [6, 6.07) is 0.215. The molecular weight excluding hydrogens is 208 g/mol. The highest BCUT2D eigenvalue weighted by Gasteiger charge is 2.27. The lowest BCUT2D eigenvalue weighted by Crippen LogP contribution is -2.48. The number of aliphatic carboxylic acids is 1. The molecule has 1 fully saturated rings. The minimum atomic E-state index is -0.818. The summed E-state index contributed by atoms with van der Waals surface area (Å²) in [6.45, 7) is 2.65. The van der Waals surface area contributed by atoms with Crippen LogP contribution in [0.25, 0.3) is 0 Å². The average Bonchev–Trinajstić information content (AvgIpc) is 2.14. The molecule has 0 radical (unpaired) electrons. The Morgan fingerprint density at radius 3 is 2.56 bits per heavy atom. The molecule has 1 rings (SSSR count). The SMILES string of the molecule is CC1CC(NC(=O)N(C)CCCC(=O)O)C1. The van der Waals surface area contributed by atoms with E-state index in [1.165, 1.54) is 0 Å². The Hall–Kier alpha value is -1.26. The summed E-state index contributed by atoms with van der Waals surface area (Å²) < 4.78 is 0. The molecule has 2 N–H and O–H groups in total. The lowest BCUT2D eigenvalue weighted by atomic mass is 9.82. The number of hydrogen-bond acceptors (Lipinski definition) is 2. The molecule has 16 heavy (non-hydrogen) atoms. The van der Waals surface area contributed by atoms with Gasteiger partial charge in [-0.1, -0.05) is 6.92 Å². The normalized spacial score (nSPS) is 23.4. The standard InChI is InChI=1S/C11H20N2O3/c1-8-6-9(7-8)12-11(16)13(2)5-3-4-10(14)15/h8-9H,3-7H2,1-2H3,(H,12,16)(H,14,15). The maximum Gasteiger partial charge on any atom is 0.317 e. The second-order valence-corrected chi connectivity index (χ2v) is 4.64. The highest BCUT2D eigenvalue weighted by molar-refractivity contribution is 5.74. The minimum Gasteiger partial charge on any atom is -0.481 e. The van der Waals surface area contributed by atoms with Gasteiger partial charge in [0.2, 0.25) is 0 Å². The molecule has 1 saturated carbocycles. The Morgan fingerprint density at radius 2 is 2.06 bits per heavy atom. The van der Waals surface area contributed by atoms with Crippen molar-refractivity contribution in [3.8, 4) is 0 Å². The van der Waals surface area contributed by atoms with E-state index in [-0.39, 0.29) is 12.5 Å². The van der Waals surface area contributed by atoms with Crippen molar-refractivity contribution < 1.29 is 14.7 Å². The largest absolute Gasteiger partial charge is 0.481 e. The predicted molar refractivity (Wildman–Crippen MR) is 60.2 cm³/mol. The van der Waals surface area contributed by atoms with Gasteiger partial charge in [-0.25, -0.2) is 4.79 Å². The molecule has 5 nitrogen and oxygen atoms in total. The zero-order valence-electron chi connectivity index (χ0n) is 9.90. The van der Waals surface area contributed by atoms with Gasteiger partial charge in [0.15, 0.2) is 0 Å². The molecule has 5 heteroatoms. The van der Waals surface area contributed by atoms with Crippen molar-refractivity contribution in [3.05, 3.63) is 0 Å².